The monoisotopic (exact) mass is 394 g/mol. The van der Waals surface area contributed by atoms with Gasteiger partial charge in [-0.15, -0.1) is 0 Å². The lowest BCUT2D eigenvalue weighted by molar-refractivity contribution is 0.0940. The fourth-order valence-electron chi connectivity index (χ4n) is 2.38. The van der Waals surface area contributed by atoms with Crippen LogP contribution in [0.4, 0.5) is 0 Å². The molecule has 1 atom stereocenters. The number of benzene rings is 2. The van der Waals surface area contributed by atoms with E-state index in [-0.39, 0.29) is 27.6 Å². The van der Waals surface area contributed by atoms with Crippen LogP contribution < -0.4 is 5.32 Å². The van der Waals surface area contributed by atoms with Gasteiger partial charge in [0.15, 0.2) is 0 Å². The van der Waals surface area contributed by atoms with Gasteiger partial charge in [-0.25, -0.2) is 8.42 Å². The van der Waals surface area contributed by atoms with Crippen molar-refractivity contribution >= 4 is 27.5 Å². The third kappa shape index (κ3) is 4.44. The van der Waals surface area contributed by atoms with E-state index in [2.05, 4.69) is 5.32 Å². The van der Waals surface area contributed by atoms with Gasteiger partial charge in [-0.05, 0) is 44.5 Å². The van der Waals surface area contributed by atoms with Gasteiger partial charge in [-0.1, -0.05) is 41.9 Å². The Bertz CT molecular complexity index is 883. The molecule has 140 valence electrons. The zero-order valence-electron chi connectivity index (χ0n) is 15.2. The summed E-state index contributed by atoms with van der Waals surface area (Å²) in [4.78, 5) is 12.7. The first-order chi connectivity index (χ1) is 12.1. The van der Waals surface area contributed by atoms with Crippen LogP contribution in [-0.2, 0) is 10.0 Å². The van der Waals surface area contributed by atoms with Gasteiger partial charge in [-0.3, -0.25) is 4.79 Å². The zero-order valence-corrected chi connectivity index (χ0v) is 16.8. The second kappa shape index (κ2) is 8.20. The Morgan fingerprint density at radius 2 is 1.69 bits per heavy atom. The van der Waals surface area contributed by atoms with Crippen molar-refractivity contribution in [3.8, 4) is 0 Å². The van der Waals surface area contributed by atoms with Crippen LogP contribution in [-0.4, -0.2) is 31.7 Å². The lowest BCUT2D eigenvalue weighted by Gasteiger charge is -2.21. The van der Waals surface area contributed by atoms with Crippen molar-refractivity contribution in [1.82, 2.24) is 9.62 Å². The standard InChI is InChI=1S/C19H23ClN2O3S/c1-13(2)22(4)26(24,25)16-10-11-18(20)17(12-16)19(23)21-14(3)15-8-6-5-7-9-15/h5-14H,1-4H3,(H,21,23). The molecular weight excluding hydrogens is 372 g/mol. The summed E-state index contributed by atoms with van der Waals surface area (Å²) in [5, 5.41) is 3.05. The van der Waals surface area contributed by atoms with Crippen LogP contribution in [0.1, 0.15) is 42.7 Å². The summed E-state index contributed by atoms with van der Waals surface area (Å²) in [5.41, 5.74) is 1.08. The lowest BCUT2D eigenvalue weighted by Crippen LogP contribution is -2.33. The highest BCUT2D eigenvalue weighted by atomic mass is 35.5. The van der Waals surface area contributed by atoms with Gasteiger partial charge in [0, 0.05) is 13.1 Å². The van der Waals surface area contributed by atoms with E-state index in [0.717, 1.165) is 5.56 Å². The Balaban J connectivity index is 2.31. The quantitative estimate of drug-likeness (QED) is 0.808. The summed E-state index contributed by atoms with van der Waals surface area (Å²) in [6.07, 6.45) is 0. The molecule has 0 spiro atoms. The summed E-state index contributed by atoms with van der Waals surface area (Å²) >= 11 is 6.14. The molecule has 0 bridgehead atoms. The van der Waals surface area contributed by atoms with Crippen molar-refractivity contribution in [2.75, 3.05) is 7.05 Å². The Morgan fingerprint density at radius 3 is 2.27 bits per heavy atom. The number of halogens is 1. The SMILES string of the molecule is CC(NC(=O)c1cc(S(=O)(=O)N(C)C(C)C)ccc1Cl)c1ccccc1. The second-order valence-electron chi connectivity index (χ2n) is 6.36. The molecule has 0 fully saturated rings. The topological polar surface area (TPSA) is 66.5 Å². The van der Waals surface area contributed by atoms with E-state index in [1.54, 1.807) is 13.8 Å². The van der Waals surface area contributed by atoms with E-state index >= 15 is 0 Å². The maximum absolute atomic E-state index is 12.7. The van der Waals surface area contributed by atoms with E-state index in [4.69, 9.17) is 11.6 Å². The van der Waals surface area contributed by atoms with E-state index in [1.165, 1.54) is 29.6 Å². The first-order valence-corrected chi connectivity index (χ1v) is 10.1. The van der Waals surface area contributed by atoms with Gasteiger partial charge >= 0.3 is 0 Å². The Labute approximate surface area is 160 Å². The molecule has 1 unspecified atom stereocenters. The molecule has 0 saturated heterocycles. The molecule has 5 nitrogen and oxygen atoms in total. The minimum absolute atomic E-state index is 0.0376. The molecule has 0 radical (unpaired) electrons. The second-order valence-corrected chi connectivity index (χ2v) is 8.77. The largest absolute Gasteiger partial charge is 0.345 e. The fourth-order valence-corrected chi connectivity index (χ4v) is 3.98. The van der Waals surface area contributed by atoms with Gasteiger partial charge in [0.25, 0.3) is 5.91 Å². The minimum atomic E-state index is -3.70. The minimum Gasteiger partial charge on any atom is -0.345 e. The highest BCUT2D eigenvalue weighted by Gasteiger charge is 2.25. The van der Waals surface area contributed by atoms with E-state index < -0.39 is 15.9 Å². The van der Waals surface area contributed by atoms with Crippen molar-refractivity contribution in [3.05, 3.63) is 64.7 Å². The summed E-state index contributed by atoms with van der Waals surface area (Å²) in [6.45, 7) is 5.42. The number of carbonyl (C=O) groups is 1. The summed E-state index contributed by atoms with van der Waals surface area (Å²) in [6, 6.07) is 13.2. The van der Waals surface area contributed by atoms with Gasteiger partial charge < -0.3 is 5.32 Å². The number of nitrogens with zero attached hydrogens (tertiary/aromatic N) is 1. The van der Waals surface area contributed by atoms with Crippen LogP contribution in [0.25, 0.3) is 0 Å². The van der Waals surface area contributed by atoms with Crippen molar-refractivity contribution in [2.45, 2.75) is 37.8 Å². The molecule has 2 aromatic rings. The number of nitrogens with one attached hydrogen (secondary N) is 1. The summed E-state index contributed by atoms with van der Waals surface area (Å²) in [7, 11) is -2.19. The highest BCUT2D eigenvalue weighted by molar-refractivity contribution is 7.89. The summed E-state index contributed by atoms with van der Waals surface area (Å²) in [5.74, 6) is -0.421. The van der Waals surface area contributed by atoms with Gasteiger partial charge in [0.05, 0.1) is 21.5 Å². The third-order valence-electron chi connectivity index (χ3n) is 4.23. The molecular formula is C19H23ClN2O3S. The predicted octanol–water partition coefficient (Wildman–Crippen LogP) is 3.86. The molecule has 7 heteroatoms. The van der Waals surface area contributed by atoms with Crippen LogP contribution in [0.2, 0.25) is 5.02 Å². The van der Waals surface area contributed by atoms with Crippen molar-refractivity contribution < 1.29 is 13.2 Å². The molecule has 0 aromatic heterocycles. The van der Waals surface area contributed by atoms with E-state index in [0.29, 0.717) is 0 Å². The molecule has 2 rings (SSSR count). The van der Waals surface area contributed by atoms with E-state index in [9.17, 15) is 13.2 Å². The molecule has 0 saturated carbocycles. The maximum Gasteiger partial charge on any atom is 0.253 e. The molecule has 0 aliphatic heterocycles. The molecule has 1 N–H and O–H groups in total. The first kappa shape index (κ1) is 20.4. The number of sulfonamides is 1. The summed E-state index contributed by atoms with van der Waals surface area (Å²) < 4.78 is 26.6. The van der Waals surface area contributed by atoms with Gasteiger partial charge in [-0.2, -0.15) is 4.31 Å². The predicted molar refractivity (Wildman–Crippen MR) is 104 cm³/mol. The Kier molecular flexibility index (Phi) is 6.44. The maximum atomic E-state index is 12.7. The molecule has 0 aliphatic carbocycles. The van der Waals surface area contributed by atoms with Crippen LogP contribution in [0.5, 0.6) is 0 Å². The van der Waals surface area contributed by atoms with Gasteiger partial charge in [0.1, 0.15) is 0 Å². The van der Waals surface area contributed by atoms with Crippen LogP contribution in [0, 0.1) is 0 Å². The van der Waals surface area contributed by atoms with Crippen LogP contribution in [0.15, 0.2) is 53.4 Å². The number of carbonyl (C=O) groups excluding carboxylic acids is 1. The Morgan fingerprint density at radius 1 is 1.08 bits per heavy atom. The molecule has 1 amide bonds. The zero-order chi connectivity index (χ0) is 19.5. The van der Waals surface area contributed by atoms with Gasteiger partial charge in [0.2, 0.25) is 10.0 Å². The number of rotatable bonds is 6. The lowest BCUT2D eigenvalue weighted by atomic mass is 10.1. The molecule has 0 heterocycles. The number of hydrogen-bond donors (Lipinski definition) is 1. The Hall–Kier alpha value is -1.89. The molecule has 2 aromatic carbocycles. The average Bonchev–Trinajstić information content (AvgIpc) is 2.61. The smallest absolute Gasteiger partial charge is 0.253 e. The number of hydrogen-bond acceptors (Lipinski definition) is 3. The normalized spacial score (nSPS) is 13.0. The average molecular weight is 395 g/mol. The number of amides is 1. The molecule has 26 heavy (non-hydrogen) atoms. The van der Waals surface area contributed by atoms with Crippen molar-refractivity contribution in [1.29, 1.82) is 0 Å². The molecule has 0 aliphatic rings. The first-order valence-electron chi connectivity index (χ1n) is 8.28. The van der Waals surface area contributed by atoms with Crippen molar-refractivity contribution in [2.24, 2.45) is 0 Å². The van der Waals surface area contributed by atoms with Crippen molar-refractivity contribution in [3.63, 3.8) is 0 Å². The van der Waals surface area contributed by atoms with Crippen LogP contribution >= 0.6 is 11.6 Å². The highest BCUT2D eigenvalue weighted by Crippen LogP contribution is 2.24. The third-order valence-corrected chi connectivity index (χ3v) is 6.59. The fraction of sp³-hybridized carbons (Fsp3) is 0.316. The van der Waals surface area contributed by atoms with Crippen LogP contribution in [0.3, 0.4) is 0 Å². The van der Waals surface area contributed by atoms with E-state index in [1.807, 2.05) is 37.3 Å².